The predicted octanol–water partition coefficient (Wildman–Crippen LogP) is 2.76. The molecule has 0 amide bonds. The molecule has 1 saturated heterocycles. The summed E-state index contributed by atoms with van der Waals surface area (Å²) in [6.45, 7) is 5.57. The minimum Gasteiger partial charge on any atom is -0.327 e. The van der Waals surface area contributed by atoms with Crippen LogP contribution < -0.4 is 5.73 Å². The lowest BCUT2D eigenvalue weighted by Crippen LogP contribution is -2.46. The Hall–Kier alpha value is -1.12. The lowest BCUT2D eigenvalue weighted by molar-refractivity contribution is 0.166. The Morgan fingerprint density at radius 1 is 1.33 bits per heavy atom. The molecule has 0 radical (unpaired) electrons. The zero-order valence-corrected chi connectivity index (χ0v) is 11.3. The van der Waals surface area contributed by atoms with E-state index in [0.717, 1.165) is 26.1 Å². The molecule has 2 N–H and O–H groups in total. The average Bonchev–Trinajstić information content (AvgIpc) is 2.42. The fourth-order valence-corrected chi connectivity index (χ4v) is 2.63. The van der Waals surface area contributed by atoms with E-state index in [1.54, 1.807) is 0 Å². The van der Waals surface area contributed by atoms with Crippen LogP contribution >= 0.6 is 0 Å². The summed E-state index contributed by atoms with van der Waals surface area (Å²) in [6, 6.07) is 10.9. The molecule has 2 nitrogen and oxygen atoms in total. The fourth-order valence-electron chi connectivity index (χ4n) is 2.63. The van der Waals surface area contributed by atoms with Gasteiger partial charge in [-0.1, -0.05) is 55.8 Å². The smallest absolute Gasteiger partial charge is 0.0166 e. The summed E-state index contributed by atoms with van der Waals surface area (Å²) in [6.07, 6.45) is 6.80. The van der Waals surface area contributed by atoms with E-state index in [0.29, 0.717) is 12.0 Å². The number of nitrogens with two attached hydrogens (primary N) is 1. The van der Waals surface area contributed by atoms with Crippen molar-refractivity contribution in [2.75, 3.05) is 19.6 Å². The van der Waals surface area contributed by atoms with Crippen LogP contribution in [0.5, 0.6) is 0 Å². The molecule has 1 fully saturated rings. The lowest BCUT2D eigenvalue weighted by Gasteiger charge is -2.35. The maximum absolute atomic E-state index is 6.13. The van der Waals surface area contributed by atoms with Gasteiger partial charge >= 0.3 is 0 Å². The summed E-state index contributed by atoms with van der Waals surface area (Å²) in [7, 11) is 0. The molecule has 18 heavy (non-hydrogen) atoms. The molecular formula is C16H24N2. The van der Waals surface area contributed by atoms with E-state index in [1.807, 2.05) is 0 Å². The highest BCUT2D eigenvalue weighted by Gasteiger charge is 2.24. The van der Waals surface area contributed by atoms with E-state index >= 15 is 0 Å². The number of likely N-dealkylation sites (tertiary alicyclic amines) is 1. The van der Waals surface area contributed by atoms with Gasteiger partial charge in [-0.2, -0.15) is 0 Å². The highest BCUT2D eigenvalue weighted by Crippen LogP contribution is 2.18. The van der Waals surface area contributed by atoms with Crippen molar-refractivity contribution in [2.45, 2.75) is 25.8 Å². The SMILES string of the molecule is CCC1CN(C/C=C/c2ccccc2)CCC1N. The van der Waals surface area contributed by atoms with Crippen molar-refractivity contribution in [1.82, 2.24) is 4.90 Å². The van der Waals surface area contributed by atoms with Crippen LogP contribution in [0.1, 0.15) is 25.3 Å². The monoisotopic (exact) mass is 244 g/mol. The molecule has 0 aromatic heterocycles. The molecule has 2 atom stereocenters. The van der Waals surface area contributed by atoms with E-state index in [1.165, 1.54) is 12.0 Å². The zero-order chi connectivity index (χ0) is 12.8. The van der Waals surface area contributed by atoms with E-state index in [-0.39, 0.29) is 0 Å². The van der Waals surface area contributed by atoms with E-state index < -0.39 is 0 Å². The van der Waals surface area contributed by atoms with Crippen LogP contribution in [0.25, 0.3) is 6.08 Å². The Labute approximate surface area is 110 Å². The highest BCUT2D eigenvalue weighted by molar-refractivity contribution is 5.48. The number of hydrogen-bond donors (Lipinski definition) is 1. The van der Waals surface area contributed by atoms with E-state index in [4.69, 9.17) is 5.73 Å². The Balaban J connectivity index is 1.82. The Morgan fingerprint density at radius 3 is 2.83 bits per heavy atom. The van der Waals surface area contributed by atoms with Crippen molar-refractivity contribution in [3.63, 3.8) is 0 Å². The normalized spacial score (nSPS) is 25.7. The molecule has 0 saturated carbocycles. The Morgan fingerprint density at radius 2 is 2.11 bits per heavy atom. The van der Waals surface area contributed by atoms with Crippen LogP contribution in [0.15, 0.2) is 36.4 Å². The van der Waals surface area contributed by atoms with Gasteiger partial charge in [0.1, 0.15) is 0 Å². The third-order valence-electron chi connectivity index (χ3n) is 3.87. The molecule has 0 aliphatic carbocycles. The number of nitrogens with zero attached hydrogens (tertiary/aromatic N) is 1. The number of rotatable bonds is 4. The lowest BCUT2D eigenvalue weighted by atomic mass is 9.91. The first-order chi connectivity index (χ1) is 8.79. The number of hydrogen-bond acceptors (Lipinski definition) is 2. The topological polar surface area (TPSA) is 29.3 Å². The summed E-state index contributed by atoms with van der Waals surface area (Å²) < 4.78 is 0. The van der Waals surface area contributed by atoms with Gasteiger partial charge in [0.05, 0.1) is 0 Å². The van der Waals surface area contributed by atoms with Crippen molar-refractivity contribution >= 4 is 6.08 Å². The molecular weight excluding hydrogens is 220 g/mol. The van der Waals surface area contributed by atoms with Crippen LogP contribution in [0.3, 0.4) is 0 Å². The van der Waals surface area contributed by atoms with Crippen molar-refractivity contribution in [3.05, 3.63) is 42.0 Å². The van der Waals surface area contributed by atoms with Crippen molar-refractivity contribution in [1.29, 1.82) is 0 Å². The first kappa shape index (κ1) is 13.3. The van der Waals surface area contributed by atoms with Gasteiger partial charge in [0.15, 0.2) is 0 Å². The minimum absolute atomic E-state index is 0.407. The van der Waals surface area contributed by atoms with Gasteiger partial charge < -0.3 is 5.73 Å². The van der Waals surface area contributed by atoms with Crippen LogP contribution in [-0.2, 0) is 0 Å². The largest absolute Gasteiger partial charge is 0.327 e. The zero-order valence-electron chi connectivity index (χ0n) is 11.3. The summed E-state index contributed by atoms with van der Waals surface area (Å²) in [5.41, 5.74) is 7.40. The molecule has 1 aliphatic heterocycles. The van der Waals surface area contributed by atoms with Gasteiger partial charge in [-0.05, 0) is 24.4 Å². The first-order valence-corrected chi connectivity index (χ1v) is 6.99. The minimum atomic E-state index is 0.407. The summed E-state index contributed by atoms with van der Waals surface area (Å²) in [5.74, 6) is 0.670. The summed E-state index contributed by atoms with van der Waals surface area (Å²) in [5, 5.41) is 0. The molecule has 2 unspecified atom stereocenters. The Kier molecular flexibility index (Phi) is 4.97. The van der Waals surface area contributed by atoms with Crippen LogP contribution in [0.2, 0.25) is 0 Å². The van der Waals surface area contributed by atoms with Crippen LogP contribution in [0, 0.1) is 5.92 Å². The predicted molar refractivity (Wildman–Crippen MR) is 78.3 cm³/mol. The molecule has 0 bridgehead atoms. The Bertz CT molecular complexity index is 372. The highest BCUT2D eigenvalue weighted by atomic mass is 15.1. The quantitative estimate of drug-likeness (QED) is 0.882. The molecule has 98 valence electrons. The van der Waals surface area contributed by atoms with Gasteiger partial charge in [0, 0.05) is 19.1 Å². The van der Waals surface area contributed by atoms with Gasteiger partial charge in [-0.3, -0.25) is 4.90 Å². The second kappa shape index (κ2) is 6.72. The maximum atomic E-state index is 6.13. The molecule has 1 aliphatic rings. The third kappa shape index (κ3) is 3.69. The maximum Gasteiger partial charge on any atom is 0.0166 e. The van der Waals surface area contributed by atoms with Gasteiger partial charge in [0.2, 0.25) is 0 Å². The molecule has 2 heteroatoms. The van der Waals surface area contributed by atoms with E-state index in [9.17, 15) is 0 Å². The van der Waals surface area contributed by atoms with Crippen LogP contribution in [0.4, 0.5) is 0 Å². The average molecular weight is 244 g/mol. The van der Waals surface area contributed by atoms with Gasteiger partial charge in [-0.25, -0.2) is 0 Å². The molecule has 1 aromatic rings. The third-order valence-corrected chi connectivity index (χ3v) is 3.87. The number of piperidine rings is 1. The molecule has 1 heterocycles. The first-order valence-electron chi connectivity index (χ1n) is 6.99. The van der Waals surface area contributed by atoms with Gasteiger partial charge in [0.25, 0.3) is 0 Å². The van der Waals surface area contributed by atoms with Crippen molar-refractivity contribution in [3.8, 4) is 0 Å². The van der Waals surface area contributed by atoms with Crippen LogP contribution in [-0.4, -0.2) is 30.6 Å². The van der Waals surface area contributed by atoms with E-state index in [2.05, 4.69) is 54.3 Å². The molecule has 0 spiro atoms. The van der Waals surface area contributed by atoms with Gasteiger partial charge in [-0.15, -0.1) is 0 Å². The molecule has 1 aromatic carbocycles. The molecule has 2 rings (SSSR count). The summed E-state index contributed by atoms with van der Waals surface area (Å²) >= 11 is 0. The van der Waals surface area contributed by atoms with Crippen molar-refractivity contribution < 1.29 is 0 Å². The summed E-state index contributed by atoms with van der Waals surface area (Å²) in [4.78, 5) is 2.51. The van der Waals surface area contributed by atoms with Crippen molar-refractivity contribution in [2.24, 2.45) is 11.7 Å². The fraction of sp³-hybridized carbons (Fsp3) is 0.500. The number of benzene rings is 1. The second-order valence-corrected chi connectivity index (χ2v) is 5.19. The standard InChI is InChI=1S/C16H24N2/c1-2-15-13-18(12-10-16(15)17)11-6-9-14-7-4-3-5-8-14/h3-9,15-16H,2,10-13,17H2,1H3/b9-6+. The second-order valence-electron chi connectivity index (χ2n) is 5.19.